The fraction of sp³-hybridized carbons (Fsp3) is 0.667. The molecule has 1 rings (SSSR count). The first-order chi connectivity index (χ1) is 9.61. The number of methoxy groups -OCH3 is 1. The van der Waals surface area contributed by atoms with Crippen LogP contribution in [0.25, 0.3) is 0 Å². The van der Waals surface area contributed by atoms with E-state index in [9.17, 15) is 0 Å². The molecule has 120 valence electrons. The Hall–Kier alpha value is -1.06. The summed E-state index contributed by atoms with van der Waals surface area (Å²) in [5.41, 5.74) is 1.73. The van der Waals surface area contributed by atoms with Crippen LogP contribution in [-0.2, 0) is 6.54 Å². The van der Waals surface area contributed by atoms with Crippen molar-refractivity contribution >= 4 is 0 Å². The van der Waals surface area contributed by atoms with E-state index in [0.717, 1.165) is 25.4 Å². The maximum atomic E-state index is 5.20. The SMILES string of the molecule is COc1ccc(CN(C)CC(C)(C)CNC(C)(C)C)cc1. The minimum atomic E-state index is 0.172. The van der Waals surface area contributed by atoms with Crippen molar-refractivity contribution in [1.29, 1.82) is 0 Å². The highest BCUT2D eigenvalue weighted by Crippen LogP contribution is 2.19. The molecule has 1 aromatic rings. The average molecular weight is 292 g/mol. The van der Waals surface area contributed by atoms with Crippen molar-refractivity contribution in [3.05, 3.63) is 29.8 Å². The number of nitrogens with one attached hydrogen (secondary N) is 1. The van der Waals surface area contributed by atoms with Gasteiger partial charge in [0.15, 0.2) is 0 Å². The Labute approximate surface area is 130 Å². The largest absolute Gasteiger partial charge is 0.497 e. The molecule has 1 N–H and O–H groups in total. The molecule has 0 saturated heterocycles. The van der Waals surface area contributed by atoms with E-state index in [0.29, 0.717) is 0 Å². The summed E-state index contributed by atoms with van der Waals surface area (Å²) in [6, 6.07) is 8.32. The molecule has 0 radical (unpaired) electrons. The van der Waals surface area contributed by atoms with Crippen molar-refractivity contribution in [2.75, 3.05) is 27.2 Å². The van der Waals surface area contributed by atoms with Crippen molar-refractivity contribution in [2.24, 2.45) is 5.41 Å². The fourth-order valence-electron chi connectivity index (χ4n) is 2.39. The predicted molar refractivity (Wildman–Crippen MR) is 90.9 cm³/mol. The number of ether oxygens (including phenoxy) is 1. The van der Waals surface area contributed by atoms with Gasteiger partial charge >= 0.3 is 0 Å². The number of hydrogen-bond acceptors (Lipinski definition) is 3. The van der Waals surface area contributed by atoms with E-state index in [2.05, 4.69) is 64.0 Å². The molecule has 0 atom stereocenters. The molecule has 0 saturated carbocycles. The van der Waals surface area contributed by atoms with Gasteiger partial charge in [-0.1, -0.05) is 26.0 Å². The van der Waals surface area contributed by atoms with Crippen LogP contribution >= 0.6 is 0 Å². The number of nitrogens with zero attached hydrogens (tertiary/aromatic N) is 1. The second kappa shape index (κ2) is 7.28. The molecule has 0 amide bonds. The van der Waals surface area contributed by atoms with Crippen LogP contribution in [0, 0.1) is 5.41 Å². The van der Waals surface area contributed by atoms with Crippen LogP contribution in [0.15, 0.2) is 24.3 Å². The normalized spacial score (nSPS) is 12.8. The minimum Gasteiger partial charge on any atom is -0.497 e. The molecule has 0 heterocycles. The summed E-state index contributed by atoms with van der Waals surface area (Å²) < 4.78 is 5.20. The molecule has 0 aliphatic carbocycles. The summed E-state index contributed by atoms with van der Waals surface area (Å²) in [5.74, 6) is 0.913. The van der Waals surface area contributed by atoms with Gasteiger partial charge in [0.25, 0.3) is 0 Å². The first-order valence-corrected chi connectivity index (χ1v) is 7.68. The van der Waals surface area contributed by atoms with Gasteiger partial charge in [0.2, 0.25) is 0 Å². The zero-order valence-corrected chi connectivity index (χ0v) is 14.8. The van der Waals surface area contributed by atoms with Crippen LogP contribution in [0.5, 0.6) is 5.75 Å². The zero-order valence-electron chi connectivity index (χ0n) is 14.8. The highest BCUT2D eigenvalue weighted by Gasteiger charge is 2.22. The number of hydrogen-bond donors (Lipinski definition) is 1. The number of benzene rings is 1. The lowest BCUT2D eigenvalue weighted by molar-refractivity contribution is 0.186. The molecule has 0 fully saturated rings. The van der Waals surface area contributed by atoms with Crippen molar-refractivity contribution in [1.82, 2.24) is 10.2 Å². The Morgan fingerprint density at radius 1 is 1.05 bits per heavy atom. The second-order valence-electron chi connectivity index (χ2n) is 7.79. The van der Waals surface area contributed by atoms with Gasteiger partial charge in [0.05, 0.1) is 7.11 Å². The first kappa shape index (κ1) is 18.0. The second-order valence-corrected chi connectivity index (χ2v) is 7.79. The van der Waals surface area contributed by atoms with E-state index in [1.54, 1.807) is 7.11 Å². The van der Waals surface area contributed by atoms with Crippen LogP contribution < -0.4 is 10.1 Å². The standard InChI is InChI=1S/C18H32N2O/c1-17(2,3)19-13-18(4,5)14-20(6)12-15-8-10-16(21-7)11-9-15/h8-11,19H,12-14H2,1-7H3. The van der Waals surface area contributed by atoms with E-state index in [1.165, 1.54) is 5.56 Å². The third-order valence-corrected chi connectivity index (χ3v) is 3.41. The molecular weight excluding hydrogens is 260 g/mol. The van der Waals surface area contributed by atoms with E-state index >= 15 is 0 Å². The highest BCUT2D eigenvalue weighted by atomic mass is 16.5. The molecular formula is C18H32N2O. The van der Waals surface area contributed by atoms with Gasteiger partial charge in [0.1, 0.15) is 5.75 Å². The van der Waals surface area contributed by atoms with Crippen molar-refractivity contribution in [3.63, 3.8) is 0 Å². The summed E-state index contributed by atoms with van der Waals surface area (Å²) in [7, 11) is 3.88. The van der Waals surface area contributed by atoms with E-state index in [4.69, 9.17) is 4.74 Å². The fourth-order valence-corrected chi connectivity index (χ4v) is 2.39. The molecule has 3 heteroatoms. The van der Waals surface area contributed by atoms with Gasteiger partial charge in [-0.15, -0.1) is 0 Å². The van der Waals surface area contributed by atoms with Gasteiger partial charge < -0.3 is 15.0 Å². The van der Waals surface area contributed by atoms with Crippen LogP contribution in [0.4, 0.5) is 0 Å². The number of rotatable bonds is 7. The van der Waals surface area contributed by atoms with Gasteiger partial charge in [-0.05, 0) is 50.9 Å². The topological polar surface area (TPSA) is 24.5 Å². The van der Waals surface area contributed by atoms with E-state index < -0.39 is 0 Å². The molecule has 3 nitrogen and oxygen atoms in total. The van der Waals surface area contributed by atoms with Crippen LogP contribution in [0.3, 0.4) is 0 Å². The molecule has 0 unspecified atom stereocenters. The lowest BCUT2D eigenvalue weighted by atomic mass is 9.91. The van der Waals surface area contributed by atoms with Crippen molar-refractivity contribution in [2.45, 2.75) is 46.7 Å². The molecule has 0 spiro atoms. The minimum absolute atomic E-state index is 0.172. The van der Waals surface area contributed by atoms with Crippen LogP contribution in [-0.4, -0.2) is 37.7 Å². The molecule has 0 aliphatic heterocycles. The van der Waals surface area contributed by atoms with E-state index in [1.807, 2.05) is 12.1 Å². The molecule has 1 aromatic carbocycles. The van der Waals surface area contributed by atoms with E-state index in [-0.39, 0.29) is 11.0 Å². The quantitative estimate of drug-likeness (QED) is 0.832. The Bertz CT molecular complexity index is 418. The maximum Gasteiger partial charge on any atom is 0.118 e. The third-order valence-electron chi connectivity index (χ3n) is 3.41. The first-order valence-electron chi connectivity index (χ1n) is 7.68. The van der Waals surface area contributed by atoms with Crippen LogP contribution in [0.2, 0.25) is 0 Å². The van der Waals surface area contributed by atoms with Crippen molar-refractivity contribution < 1.29 is 4.74 Å². The molecule has 0 aromatic heterocycles. The summed E-state index contributed by atoms with van der Waals surface area (Å²) in [5, 5.41) is 3.60. The van der Waals surface area contributed by atoms with Gasteiger partial charge in [-0.2, -0.15) is 0 Å². The third kappa shape index (κ3) is 7.49. The average Bonchev–Trinajstić information content (AvgIpc) is 2.36. The summed E-state index contributed by atoms with van der Waals surface area (Å²) >= 11 is 0. The predicted octanol–water partition coefficient (Wildman–Crippen LogP) is 3.54. The molecule has 0 bridgehead atoms. The van der Waals surface area contributed by atoms with Crippen LogP contribution in [0.1, 0.15) is 40.2 Å². The molecule has 0 aliphatic rings. The smallest absolute Gasteiger partial charge is 0.118 e. The summed E-state index contributed by atoms with van der Waals surface area (Å²) in [6.07, 6.45) is 0. The van der Waals surface area contributed by atoms with Gasteiger partial charge in [-0.3, -0.25) is 0 Å². The summed E-state index contributed by atoms with van der Waals surface area (Å²) in [4.78, 5) is 2.38. The van der Waals surface area contributed by atoms with Gasteiger partial charge in [-0.25, -0.2) is 0 Å². The lowest BCUT2D eigenvalue weighted by Gasteiger charge is -2.34. The molecule has 21 heavy (non-hydrogen) atoms. The highest BCUT2D eigenvalue weighted by molar-refractivity contribution is 5.27. The summed E-state index contributed by atoms with van der Waals surface area (Å²) in [6.45, 7) is 14.3. The monoisotopic (exact) mass is 292 g/mol. The van der Waals surface area contributed by atoms with Gasteiger partial charge in [0, 0.05) is 25.2 Å². The Morgan fingerprint density at radius 3 is 2.10 bits per heavy atom. The Balaban J connectivity index is 2.49. The maximum absolute atomic E-state index is 5.20. The Kier molecular flexibility index (Phi) is 6.24. The van der Waals surface area contributed by atoms with Crippen molar-refractivity contribution in [3.8, 4) is 5.75 Å². The zero-order chi connectivity index (χ0) is 16.1. The Morgan fingerprint density at radius 2 is 1.62 bits per heavy atom. The lowest BCUT2D eigenvalue weighted by Crippen LogP contribution is -2.45.